The van der Waals surface area contributed by atoms with E-state index in [9.17, 15) is 4.79 Å². The second-order valence-corrected chi connectivity index (χ2v) is 2.12. The van der Waals surface area contributed by atoms with E-state index in [-0.39, 0.29) is 0 Å². The highest BCUT2D eigenvalue weighted by molar-refractivity contribution is 5.65. The van der Waals surface area contributed by atoms with Gasteiger partial charge in [-0.1, -0.05) is 0 Å². The predicted octanol–water partition coefficient (Wildman–Crippen LogP) is -1.17. The van der Waals surface area contributed by atoms with Crippen molar-refractivity contribution in [3.8, 4) is 0 Å². The topological polar surface area (TPSA) is 76.8 Å². The van der Waals surface area contributed by atoms with Gasteiger partial charge >= 0.3 is 6.09 Å². The fourth-order valence-corrected chi connectivity index (χ4v) is 0.831. The average molecular weight is 161 g/mol. The van der Waals surface area contributed by atoms with Crippen LogP contribution in [0.4, 0.5) is 4.79 Å². The smallest absolute Gasteiger partial charge is 0.379 e. The van der Waals surface area contributed by atoms with Crippen LogP contribution in [0.5, 0.6) is 0 Å². The lowest BCUT2D eigenvalue weighted by Gasteiger charge is -2.25. The largest absolute Gasteiger partial charge is 0.440 e. The van der Waals surface area contributed by atoms with Crippen LogP contribution in [-0.2, 0) is 9.57 Å². The van der Waals surface area contributed by atoms with Gasteiger partial charge in [0.1, 0.15) is 0 Å². The molecule has 0 atom stereocenters. The number of nitrogens with zero attached hydrogens (tertiary/aromatic N) is 1. The zero-order valence-corrected chi connectivity index (χ0v) is 6.08. The number of hydrogen-bond donors (Lipinski definition) is 2. The van der Waals surface area contributed by atoms with Gasteiger partial charge < -0.3 is 9.57 Å². The molecule has 1 aliphatic heterocycles. The van der Waals surface area contributed by atoms with Crippen LogP contribution in [0.3, 0.4) is 0 Å². The van der Waals surface area contributed by atoms with Crippen LogP contribution in [0.2, 0.25) is 0 Å². The number of carbonyl (C=O) groups is 1. The molecule has 0 spiro atoms. The second kappa shape index (κ2) is 4.12. The minimum Gasteiger partial charge on any atom is -0.379 e. The molecule has 6 heteroatoms. The maximum Gasteiger partial charge on any atom is 0.440 e. The first kappa shape index (κ1) is 8.25. The first-order chi connectivity index (χ1) is 5.33. The van der Waals surface area contributed by atoms with Crippen LogP contribution >= 0.6 is 0 Å². The number of nitrogens with one attached hydrogen (secondary N) is 1. The molecule has 1 heterocycles. The van der Waals surface area contributed by atoms with Crippen LogP contribution in [0.1, 0.15) is 0 Å². The quantitative estimate of drug-likeness (QED) is 0.474. The van der Waals surface area contributed by atoms with Crippen molar-refractivity contribution in [1.29, 1.82) is 0 Å². The summed E-state index contributed by atoms with van der Waals surface area (Å²) in [5.41, 5.74) is 2.44. The first-order valence-corrected chi connectivity index (χ1v) is 3.33. The SMILES string of the molecule is NOC(=O)NN1CCOCC1. The van der Waals surface area contributed by atoms with E-state index in [1.54, 1.807) is 5.01 Å². The van der Waals surface area contributed by atoms with Gasteiger partial charge in [0, 0.05) is 13.1 Å². The molecule has 1 fully saturated rings. The molecule has 3 N–H and O–H groups in total. The van der Waals surface area contributed by atoms with Crippen molar-refractivity contribution in [3.63, 3.8) is 0 Å². The van der Waals surface area contributed by atoms with Crippen molar-refractivity contribution in [2.75, 3.05) is 26.3 Å². The summed E-state index contributed by atoms with van der Waals surface area (Å²) in [4.78, 5) is 14.5. The molecule has 0 aromatic rings. The molecule has 0 aromatic heterocycles. The van der Waals surface area contributed by atoms with Gasteiger partial charge in [-0.3, -0.25) is 5.43 Å². The van der Waals surface area contributed by atoms with Crippen molar-refractivity contribution in [2.24, 2.45) is 5.90 Å². The zero-order valence-electron chi connectivity index (χ0n) is 6.08. The lowest BCUT2D eigenvalue weighted by atomic mass is 10.5. The summed E-state index contributed by atoms with van der Waals surface area (Å²) in [6.07, 6.45) is -0.646. The molecule has 6 nitrogen and oxygen atoms in total. The molecule has 1 amide bonds. The van der Waals surface area contributed by atoms with E-state index in [2.05, 4.69) is 16.2 Å². The molecule has 0 aliphatic carbocycles. The zero-order chi connectivity index (χ0) is 8.10. The average Bonchev–Trinajstić information content (AvgIpc) is 2.06. The van der Waals surface area contributed by atoms with Gasteiger partial charge in [0.2, 0.25) is 0 Å². The van der Waals surface area contributed by atoms with E-state index in [1.807, 2.05) is 0 Å². The second-order valence-electron chi connectivity index (χ2n) is 2.12. The Kier molecular flexibility index (Phi) is 3.09. The van der Waals surface area contributed by atoms with Crippen LogP contribution in [-0.4, -0.2) is 37.4 Å². The van der Waals surface area contributed by atoms with Gasteiger partial charge in [0.05, 0.1) is 13.2 Å². The molecule has 1 aliphatic rings. The molecule has 1 rings (SSSR count). The summed E-state index contributed by atoms with van der Waals surface area (Å²) >= 11 is 0. The molecule has 64 valence electrons. The standard InChI is InChI=1S/C5H11N3O3/c6-11-5(9)7-8-1-3-10-4-2-8/h1-4,6H2,(H,7,9). The van der Waals surface area contributed by atoms with Gasteiger partial charge in [0.15, 0.2) is 0 Å². The highest BCUT2D eigenvalue weighted by atomic mass is 16.7. The Morgan fingerprint density at radius 3 is 2.73 bits per heavy atom. The molecule has 1 saturated heterocycles. The van der Waals surface area contributed by atoms with Crippen molar-refractivity contribution >= 4 is 6.09 Å². The summed E-state index contributed by atoms with van der Waals surface area (Å²) < 4.78 is 5.05. The third kappa shape index (κ3) is 2.71. The Bertz CT molecular complexity index is 135. The van der Waals surface area contributed by atoms with E-state index >= 15 is 0 Å². The maximum absolute atomic E-state index is 10.5. The minimum atomic E-state index is -0.646. The van der Waals surface area contributed by atoms with Crippen molar-refractivity contribution in [2.45, 2.75) is 0 Å². The van der Waals surface area contributed by atoms with Crippen LogP contribution in [0.15, 0.2) is 0 Å². The molecular formula is C5H11N3O3. The number of ether oxygens (including phenoxy) is 1. The lowest BCUT2D eigenvalue weighted by molar-refractivity contribution is 0.00991. The van der Waals surface area contributed by atoms with Crippen molar-refractivity contribution in [1.82, 2.24) is 10.4 Å². The molecule has 11 heavy (non-hydrogen) atoms. The van der Waals surface area contributed by atoms with Crippen molar-refractivity contribution < 1.29 is 14.4 Å². The summed E-state index contributed by atoms with van der Waals surface area (Å²) in [7, 11) is 0. The summed E-state index contributed by atoms with van der Waals surface area (Å²) in [5, 5.41) is 1.69. The fourth-order valence-electron chi connectivity index (χ4n) is 0.831. The Hall–Kier alpha value is -0.850. The fraction of sp³-hybridized carbons (Fsp3) is 0.800. The van der Waals surface area contributed by atoms with E-state index < -0.39 is 6.09 Å². The Balaban J connectivity index is 2.19. The molecule has 0 bridgehead atoms. The third-order valence-corrected chi connectivity index (χ3v) is 1.37. The maximum atomic E-state index is 10.5. The molecule has 0 radical (unpaired) electrons. The first-order valence-electron chi connectivity index (χ1n) is 3.33. The number of nitrogens with two attached hydrogens (primary N) is 1. The predicted molar refractivity (Wildman–Crippen MR) is 36.2 cm³/mol. The van der Waals surface area contributed by atoms with E-state index in [0.29, 0.717) is 26.3 Å². The molecule has 0 saturated carbocycles. The molecular weight excluding hydrogens is 150 g/mol. The van der Waals surface area contributed by atoms with Gasteiger partial charge in [-0.2, -0.15) is 5.90 Å². The van der Waals surface area contributed by atoms with Gasteiger partial charge in [-0.05, 0) is 0 Å². The number of morpholine rings is 1. The Labute approximate surface area is 64.2 Å². The summed E-state index contributed by atoms with van der Waals surface area (Å²) in [6.45, 7) is 2.56. The van der Waals surface area contributed by atoms with Crippen LogP contribution in [0.25, 0.3) is 0 Å². The minimum absolute atomic E-state index is 0.616. The van der Waals surface area contributed by atoms with Gasteiger partial charge in [-0.25, -0.2) is 9.80 Å². The summed E-state index contributed by atoms with van der Waals surface area (Å²) in [5.74, 6) is 4.62. The van der Waals surface area contributed by atoms with Crippen LogP contribution < -0.4 is 11.3 Å². The molecule has 0 aromatic carbocycles. The normalized spacial score (nSPS) is 19.4. The number of rotatable bonds is 1. The monoisotopic (exact) mass is 161 g/mol. The van der Waals surface area contributed by atoms with Crippen LogP contribution in [0, 0.1) is 0 Å². The number of carbonyl (C=O) groups excluding carboxylic acids is 1. The summed E-state index contributed by atoms with van der Waals surface area (Å²) in [6, 6.07) is 0. The van der Waals surface area contributed by atoms with Crippen molar-refractivity contribution in [3.05, 3.63) is 0 Å². The highest BCUT2D eigenvalue weighted by Crippen LogP contribution is 1.91. The van der Waals surface area contributed by atoms with Gasteiger partial charge in [0.25, 0.3) is 0 Å². The van der Waals surface area contributed by atoms with E-state index in [4.69, 9.17) is 4.74 Å². The number of hydrogen-bond acceptors (Lipinski definition) is 5. The highest BCUT2D eigenvalue weighted by Gasteiger charge is 2.12. The molecule has 0 unspecified atom stereocenters. The number of hydrazine groups is 1. The van der Waals surface area contributed by atoms with E-state index in [0.717, 1.165) is 0 Å². The van der Waals surface area contributed by atoms with Gasteiger partial charge in [-0.15, -0.1) is 0 Å². The lowest BCUT2D eigenvalue weighted by Crippen LogP contribution is -2.49. The third-order valence-electron chi connectivity index (χ3n) is 1.37. The Morgan fingerprint density at radius 1 is 1.55 bits per heavy atom. The Morgan fingerprint density at radius 2 is 2.18 bits per heavy atom. The van der Waals surface area contributed by atoms with E-state index in [1.165, 1.54) is 0 Å². The number of amides is 1.